The van der Waals surface area contributed by atoms with Crippen molar-refractivity contribution in [3.63, 3.8) is 0 Å². The number of carbonyl (C=O) groups is 2. The molecule has 0 bridgehead atoms. The van der Waals surface area contributed by atoms with E-state index in [1.807, 2.05) is 0 Å². The molecule has 0 aliphatic carbocycles. The van der Waals surface area contributed by atoms with Gasteiger partial charge in [0.05, 0.1) is 17.8 Å². The lowest BCUT2D eigenvalue weighted by molar-refractivity contribution is -0.140. The van der Waals surface area contributed by atoms with Gasteiger partial charge < -0.3 is 9.84 Å². The zero-order chi connectivity index (χ0) is 20.4. The minimum absolute atomic E-state index is 0.0427. The Morgan fingerprint density at radius 2 is 1.78 bits per heavy atom. The maximum absolute atomic E-state index is 13.2. The van der Waals surface area contributed by atoms with Gasteiger partial charge in [0.25, 0.3) is 0 Å². The van der Waals surface area contributed by atoms with Crippen molar-refractivity contribution in [1.82, 2.24) is 9.78 Å². The van der Waals surface area contributed by atoms with Gasteiger partial charge in [0.2, 0.25) is 0 Å². The van der Waals surface area contributed by atoms with E-state index >= 15 is 0 Å². The first-order valence-electron chi connectivity index (χ1n) is 7.82. The lowest BCUT2D eigenvalue weighted by atomic mass is 10.1. The second-order valence-electron chi connectivity index (χ2n) is 6.72. The average molecular weight is 385 g/mol. The Bertz CT molecular complexity index is 837. The molecule has 0 atom stereocenters. The molecule has 27 heavy (non-hydrogen) atoms. The molecule has 7 nitrogen and oxygen atoms in total. The fourth-order valence-corrected chi connectivity index (χ4v) is 2.16. The number of alkyl halides is 3. The lowest BCUT2D eigenvalue weighted by Crippen LogP contribution is -2.27. The zero-order valence-corrected chi connectivity index (χ0v) is 14.8. The van der Waals surface area contributed by atoms with Crippen LogP contribution >= 0.6 is 0 Å². The fraction of sp³-hybridized carbons (Fsp3) is 0.353. The summed E-state index contributed by atoms with van der Waals surface area (Å²) in [5, 5.41) is 14.4. The van der Waals surface area contributed by atoms with Crippen molar-refractivity contribution in [2.75, 3.05) is 5.32 Å². The van der Waals surface area contributed by atoms with E-state index in [0.717, 1.165) is 10.9 Å². The molecule has 0 aliphatic heterocycles. The van der Waals surface area contributed by atoms with Crippen LogP contribution in [0.15, 0.2) is 30.5 Å². The Morgan fingerprint density at radius 3 is 2.26 bits per heavy atom. The molecule has 0 aliphatic rings. The second kappa shape index (κ2) is 7.29. The molecule has 1 heterocycles. The molecule has 2 N–H and O–H groups in total. The van der Waals surface area contributed by atoms with Crippen LogP contribution in [0, 0.1) is 0 Å². The molecule has 1 aromatic heterocycles. The first-order valence-corrected chi connectivity index (χ1v) is 7.82. The van der Waals surface area contributed by atoms with E-state index in [1.54, 1.807) is 20.8 Å². The van der Waals surface area contributed by atoms with Gasteiger partial charge in [-0.1, -0.05) is 12.1 Å². The number of hydrogen-bond donors (Lipinski definition) is 2. The smallest absolute Gasteiger partial charge is 0.437 e. The van der Waals surface area contributed by atoms with E-state index in [4.69, 9.17) is 9.84 Å². The first kappa shape index (κ1) is 20.3. The van der Waals surface area contributed by atoms with Crippen LogP contribution in [0.1, 0.15) is 42.4 Å². The summed E-state index contributed by atoms with van der Waals surface area (Å²) in [7, 11) is 0. The number of benzene rings is 1. The summed E-state index contributed by atoms with van der Waals surface area (Å²) in [6, 6.07) is 5.62. The van der Waals surface area contributed by atoms with Crippen LogP contribution in [0.25, 0.3) is 0 Å². The van der Waals surface area contributed by atoms with E-state index in [-0.39, 0.29) is 12.1 Å². The topological polar surface area (TPSA) is 93.5 Å². The van der Waals surface area contributed by atoms with Crippen molar-refractivity contribution in [3.8, 4) is 0 Å². The molecular weight excluding hydrogens is 367 g/mol. The van der Waals surface area contributed by atoms with E-state index in [1.165, 1.54) is 24.3 Å². The maximum Gasteiger partial charge on any atom is 0.437 e. The standard InChI is InChI=1S/C17H18F3N3O4/c1-16(2,3)27-15(26)21-12-9-23(22-13(12)17(18,19)20)8-10-4-6-11(7-5-10)14(24)25/h4-7,9H,8H2,1-3H3,(H,21,26)(H,24,25). The normalized spacial score (nSPS) is 11.9. The molecule has 0 saturated heterocycles. The number of aromatic carboxylic acids is 1. The van der Waals surface area contributed by atoms with Crippen molar-refractivity contribution in [2.45, 2.75) is 39.1 Å². The summed E-state index contributed by atoms with van der Waals surface area (Å²) in [6.45, 7) is 4.71. The lowest BCUT2D eigenvalue weighted by Gasteiger charge is -2.19. The van der Waals surface area contributed by atoms with Crippen LogP contribution in [0.3, 0.4) is 0 Å². The number of anilines is 1. The fourth-order valence-electron chi connectivity index (χ4n) is 2.16. The van der Waals surface area contributed by atoms with E-state index in [0.29, 0.717) is 5.56 Å². The molecule has 2 aromatic rings. The summed E-state index contributed by atoms with van der Waals surface area (Å²) in [6.07, 6.45) is -4.76. The number of carboxylic acid groups (broad SMARTS) is 1. The number of aromatic nitrogens is 2. The largest absolute Gasteiger partial charge is 0.478 e. The number of carboxylic acids is 1. The highest BCUT2D eigenvalue weighted by Crippen LogP contribution is 2.34. The number of nitrogens with zero attached hydrogens (tertiary/aromatic N) is 2. The second-order valence-corrected chi connectivity index (χ2v) is 6.72. The molecule has 1 amide bonds. The van der Waals surface area contributed by atoms with Gasteiger partial charge in [0.1, 0.15) is 5.60 Å². The van der Waals surface area contributed by atoms with Gasteiger partial charge in [-0.2, -0.15) is 18.3 Å². The third-order valence-electron chi connectivity index (χ3n) is 3.21. The van der Waals surface area contributed by atoms with Crippen LogP contribution in [0.2, 0.25) is 0 Å². The van der Waals surface area contributed by atoms with Crippen molar-refractivity contribution in [3.05, 3.63) is 47.3 Å². The minimum atomic E-state index is -4.78. The number of ether oxygens (including phenoxy) is 1. The van der Waals surface area contributed by atoms with Gasteiger partial charge >= 0.3 is 18.2 Å². The third-order valence-corrected chi connectivity index (χ3v) is 3.21. The first-order chi connectivity index (χ1) is 12.3. The molecular formula is C17H18F3N3O4. The Labute approximate surface area is 152 Å². The number of halogens is 3. The highest BCUT2D eigenvalue weighted by molar-refractivity contribution is 5.87. The van der Waals surface area contributed by atoms with E-state index in [2.05, 4.69) is 10.4 Å². The van der Waals surface area contributed by atoms with Crippen LogP contribution in [-0.4, -0.2) is 32.6 Å². The summed E-state index contributed by atoms with van der Waals surface area (Å²) in [5.74, 6) is -1.11. The van der Waals surface area contributed by atoms with Crippen molar-refractivity contribution < 1.29 is 32.6 Å². The van der Waals surface area contributed by atoms with Crippen molar-refractivity contribution in [2.24, 2.45) is 0 Å². The number of nitrogens with one attached hydrogen (secondary N) is 1. The van der Waals surface area contributed by atoms with Crippen molar-refractivity contribution >= 4 is 17.7 Å². The summed E-state index contributed by atoms with van der Waals surface area (Å²) in [5.41, 5.74) is -2.05. The van der Waals surface area contributed by atoms with Gasteiger partial charge in [0, 0.05) is 6.20 Å². The molecule has 1 aromatic carbocycles. The highest BCUT2D eigenvalue weighted by atomic mass is 19.4. The van der Waals surface area contributed by atoms with Crippen LogP contribution in [-0.2, 0) is 17.5 Å². The van der Waals surface area contributed by atoms with Crippen molar-refractivity contribution in [1.29, 1.82) is 0 Å². The molecule has 2 rings (SSSR count). The molecule has 146 valence electrons. The number of amides is 1. The Hall–Kier alpha value is -3.04. The molecule has 0 fully saturated rings. The van der Waals surface area contributed by atoms with Gasteiger partial charge in [0.15, 0.2) is 5.69 Å². The molecule has 0 unspecified atom stereocenters. The molecule has 0 radical (unpaired) electrons. The molecule has 0 saturated carbocycles. The van der Waals surface area contributed by atoms with E-state index in [9.17, 15) is 22.8 Å². The zero-order valence-electron chi connectivity index (χ0n) is 14.8. The maximum atomic E-state index is 13.2. The van der Waals surface area contributed by atoms with Gasteiger partial charge in [-0.25, -0.2) is 9.59 Å². The predicted molar refractivity (Wildman–Crippen MR) is 89.6 cm³/mol. The average Bonchev–Trinajstić information content (AvgIpc) is 2.88. The number of carbonyl (C=O) groups excluding carboxylic acids is 1. The summed E-state index contributed by atoms with van der Waals surface area (Å²) < 4.78 is 45.6. The quantitative estimate of drug-likeness (QED) is 0.830. The summed E-state index contributed by atoms with van der Waals surface area (Å²) >= 11 is 0. The van der Waals surface area contributed by atoms with Crippen LogP contribution in [0.5, 0.6) is 0 Å². The SMILES string of the molecule is CC(C)(C)OC(=O)Nc1cn(Cc2ccc(C(=O)O)cc2)nc1C(F)(F)F. The molecule has 0 spiro atoms. The third kappa shape index (κ3) is 5.73. The Morgan fingerprint density at radius 1 is 1.19 bits per heavy atom. The van der Waals surface area contributed by atoms with E-state index < -0.39 is 35.2 Å². The Balaban J connectivity index is 2.24. The summed E-state index contributed by atoms with van der Waals surface area (Å²) in [4.78, 5) is 22.6. The Kier molecular flexibility index (Phi) is 5.48. The van der Waals surface area contributed by atoms with Crippen LogP contribution < -0.4 is 5.32 Å². The van der Waals surface area contributed by atoms with Crippen LogP contribution in [0.4, 0.5) is 23.7 Å². The van der Waals surface area contributed by atoms with Gasteiger partial charge in [-0.3, -0.25) is 10.00 Å². The van der Waals surface area contributed by atoms with Gasteiger partial charge in [-0.05, 0) is 38.5 Å². The molecule has 10 heteroatoms. The predicted octanol–water partition coefficient (Wildman–Crippen LogP) is 4.00. The number of hydrogen-bond acceptors (Lipinski definition) is 4. The number of rotatable bonds is 4. The monoisotopic (exact) mass is 385 g/mol. The minimum Gasteiger partial charge on any atom is -0.478 e. The highest BCUT2D eigenvalue weighted by Gasteiger charge is 2.38. The van der Waals surface area contributed by atoms with Gasteiger partial charge in [-0.15, -0.1) is 0 Å².